The van der Waals surface area contributed by atoms with E-state index < -0.39 is 6.04 Å². The van der Waals surface area contributed by atoms with Gasteiger partial charge < -0.3 is 19.7 Å². The third kappa shape index (κ3) is 6.73. The molecule has 1 aliphatic rings. The number of rotatable bonds is 10. The van der Waals surface area contributed by atoms with E-state index in [1.54, 1.807) is 12.0 Å². The zero-order valence-electron chi connectivity index (χ0n) is 20.2. The molecule has 1 aliphatic carbocycles. The summed E-state index contributed by atoms with van der Waals surface area (Å²) in [6.45, 7) is 6.14. The van der Waals surface area contributed by atoms with E-state index >= 15 is 0 Å². The molecule has 0 saturated heterocycles. The molecule has 0 spiro atoms. The molecule has 2 aromatic rings. The number of aryl methyl sites for hydroxylation is 2. The van der Waals surface area contributed by atoms with Gasteiger partial charge in [0.25, 0.3) is 5.91 Å². The van der Waals surface area contributed by atoms with Gasteiger partial charge in [0.2, 0.25) is 5.91 Å². The van der Waals surface area contributed by atoms with Crippen molar-refractivity contribution in [1.82, 2.24) is 10.2 Å². The summed E-state index contributed by atoms with van der Waals surface area (Å²) in [5.41, 5.74) is 3.06. The van der Waals surface area contributed by atoms with Gasteiger partial charge in [-0.2, -0.15) is 0 Å². The van der Waals surface area contributed by atoms with Gasteiger partial charge in [-0.05, 0) is 62.4 Å². The minimum absolute atomic E-state index is 0.0854. The first-order chi connectivity index (χ1) is 15.9. The molecular weight excluding hydrogens is 416 g/mol. The molecule has 1 unspecified atom stereocenters. The van der Waals surface area contributed by atoms with Crippen molar-refractivity contribution < 1.29 is 19.1 Å². The number of hydrogen-bond acceptors (Lipinski definition) is 4. The molecule has 1 atom stereocenters. The van der Waals surface area contributed by atoms with Gasteiger partial charge in [-0.1, -0.05) is 49.6 Å². The lowest BCUT2D eigenvalue weighted by Gasteiger charge is -2.31. The van der Waals surface area contributed by atoms with E-state index in [9.17, 15) is 9.59 Å². The number of carbonyl (C=O) groups is 2. The molecule has 1 saturated carbocycles. The molecule has 3 rings (SSSR count). The second-order valence-electron chi connectivity index (χ2n) is 8.84. The van der Waals surface area contributed by atoms with E-state index in [1.807, 2.05) is 63.2 Å². The monoisotopic (exact) mass is 452 g/mol. The number of amides is 2. The van der Waals surface area contributed by atoms with E-state index in [0.717, 1.165) is 48.1 Å². The zero-order chi connectivity index (χ0) is 23.8. The van der Waals surface area contributed by atoms with Crippen LogP contribution in [0, 0.1) is 13.8 Å². The van der Waals surface area contributed by atoms with Gasteiger partial charge >= 0.3 is 0 Å². The summed E-state index contributed by atoms with van der Waals surface area (Å²) in [6, 6.07) is 13.1. The molecule has 6 nitrogen and oxygen atoms in total. The van der Waals surface area contributed by atoms with E-state index in [2.05, 4.69) is 5.32 Å². The first kappa shape index (κ1) is 24.6. The molecule has 2 aromatic carbocycles. The zero-order valence-corrected chi connectivity index (χ0v) is 20.2. The van der Waals surface area contributed by atoms with Crippen molar-refractivity contribution in [2.24, 2.45) is 0 Å². The van der Waals surface area contributed by atoms with Gasteiger partial charge in [0, 0.05) is 12.6 Å². The number of carbonyl (C=O) groups excluding carboxylic acids is 2. The molecule has 178 valence electrons. The van der Waals surface area contributed by atoms with Crippen LogP contribution in [0.5, 0.6) is 11.5 Å². The maximum absolute atomic E-state index is 13.4. The number of nitrogens with one attached hydrogen (secondary N) is 1. The SMILES string of the molecule is CCC(C(=O)NC1CCCC1)N(Cc1ccc(OC)cc1)C(=O)COc1ccc(C)cc1C. The lowest BCUT2D eigenvalue weighted by atomic mass is 10.1. The molecule has 1 fully saturated rings. The number of nitrogens with zero attached hydrogens (tertiary/aromatic N) is 1. The predicted octanol–water partition coefficient (Wildman–Crippen LogP) is 4.56. The van der Waals surface area contributed by atoms with E-state index in [1.165, 1.54) is 0 Å². The molecule has 6 heteroatoms. The number of methoxy groups -OCH3 is 1. The fourth-order valence-corrected chi connectivity index (χ4v) is 4.40. The highest BCUT2D eigenvalue weighted by Crippen LogP contribution is 2.21. The van der Waals surface area contributed by atoms with Crippen LogP contribution in [-0.4, -0.2) is 42.5 Å². The van der Waals surface area contributed by atoms with Crippen LogP contribution in [-0.2, 0) is 16.1 Å². The standard InChI is InChI=1S/C27H36N2O4/c1-5-24(27(31)28-22-8-6-7-9-22)29(17-21-11-13-23(32-4)14-12-21)26(30)18-33-25-15-10-19(2)16-20(25)3/h10-16,22,24H,5-9,17-18H2,1-4H3,(H,28,31). The number of ether oxygens (including phenoxy) is 2. The van der Waals surface area contributed by atoms with E-state index in [0.29, 0.717) is 18.7 Å². The number of benzene rings is 2. The highest BCUT2D eigenvalue weighted by Gasteiger charge is 2.31. The van der Waals surface area contributed by atoms with E-state index in [4.69, 9.17) is 9.47 Å². The summed E-state index contributed by atoms with van der Waals surface area (Å²) in [5.74, 6) is 1.14. The van der Waals surface area contributed by atoms with Gasteiger partial charge in [-0.15, -0.1) is 0 Å². The van der Waals surface area contributed by atoms with Gasteiger partial charge in [0.05, 0.1) is 7.11 Å². The third-order valence-corrected chi connectivity index (χ3v) is 6.28. The molecule has 0 aliphatic heterocycles. The van der Waals surface area contributed by atoms with Crippen LogP contribution in [0.15, 0.2) is 42.5 Å². The average molecular weight is 453 g/mol. The van der Waals surface area contributed by atoms with Crippen molar-refractivity contribution in [1.29, 1.82) is 0 Å². The summed E-state index contributed by atoms with van der Waals surface area (Å²) in [4.78, 5) is 28.2. The number of hydrogen-bond donors (Lipinski definition) is 1. The van der Waals surface area contributed by atoms with Crippen molar-refractivity contribution >= 4 is 11.8 Å². The minimum atomic E-state index is -0.553. The summed E-state index contributed by atoms with van der Waals surface area (Å²) < 4.78 is 11.1. The predicted molar refractivity (Wildman–Crippen MR) is 129 cm³/mol. The van der Waals surface area contributed by atoms with Gasteiger partial charge in [0.1, 0.15) is 17.5 Å². The fraction of sp³-hybridized carbons (Fsp3) is 0.481. The molecule has 0 heterocycles. The Morgan fingerprint density at radius 3 is 2.39 bits per heavy atom. The Morgan fingerprint density at radius 2 is 1.79 bits per heavy atom. The average Bonchev–Trinajstić information content (AvgIpc) is 3.31. The van der Waals surface area contributed by atoms with Gasteiger partial charge in [-0.25, -0.2) is 0 Å². The van der Waals surface area contributed by atoms with Crippen molar-refractivity contribution in [2.45, 2.75) is 71.5 Å². The van der Waals surface area contributed by atoms with Crippen molar-refractivity contribution in [3.05, 3.63) is 59.2 Å². The van der Waals surface area contributed by atoms with Crippen LogP contribution in [0.25, 0.3) is 0 Å². The summed E-state index contributed by atoms with van der Waals surface area (Å²) in [6.07, 6.45) is 4.82. The summed E-state index contributed by atoms with van der Waals surface area (Å²) in [7, 11) is 1.62. The first-order valence-electron chi connectivity index (χ1n) is 11.8. The van der Waals surface area contributed by atoms with Crippen molar-refractivity contribution in [2.75, 3.05) is 13.7 Å². The largest absolute Gasteiger partial charge is 0.497 e. The maximum atomic E-state index is 13.4. The molecule has 0 radical (unpaired) electrons. The minimum Gasteiger partial charge on any atom is -0.497 e. The van der Waals surface area contributed by atoms with Gasteiger partial charge in [-0.3, -0.25) is 9.59 Å². The van der Waals surface area contributed by atoms with Crippen LogP contribution in [0.4, 0.5) is 0 Å². The van der Waals surface area contributed by atoms with Crippen molar-refractivity contribution in [3.63, 3.8) is 0 Å². The van der Waals surface area contributed by atoms with Crippen LogP contribution in [0.3, 0.4) is 0 Å². The smallest absolute Gasteiger partial charge is 0.261 e. The third-order valence-electron chi connectivity index (χ3n) is 6.28. The van der Waals surface area contributed by atoms with Crippen molar-refractivity contribution in [3.8, 4) is 11.5 Å². The second kappa shape index (κ2) is 11.7. The molecule has 2 amide bonds. The molecule has 1 N–H and O–H groups in total. The Kier molecular flexibility index (Phi) is 8.75. The Hall–Kier alpha value is -3.02. The van der Waals surface area contributed by atoms with E-state index in [-0.39, 0.29) is 24.5 Å². The summed E-state index contributed by atoms with van der Waals surface area (Å²) >= 11 is 0. The van der Waals surface area contributed by atoms with Crippen LogP contribution in [0.2, 0.25) is 0 Å². The van der Waals surface area contributed by atoms with Crippen LogP contribution < -0.4 is 14.8 Å². The Morgan fingerprint density at radius 1 is 1.09 bits per heavy atom. The maximum Gasteiger partial charge on any atom is 0.261 e. The lowest BCUT2D eigenvalue weighted by Crippen LogP contribution is -2.52. The topological polar surface area (TPSA) is 67.9 Å². The highest BCUT2D eigenvalue weighted by atomic mass is 16.5. The van der Waals surface area contributed by atoms with Gasteiger partial charge in [0.15, 0.2) is 6.61 Å². The second-order valence-corrected chi connectivity index (χ2v) is 8.84. The molecule has 33 heavy (non-hydrogen) atoms. The lowest BCUT2D eigenvalue weighted by molar-refractivity contribution is -0.143. The first-order valence-corrected chi connectivity index (χ1v) is 11.8. The Labute approximate surface area is 197 Å². The summed E-state index contributed by atoms with van der Waals surface area (Å²) in [5, 5.41) is 3.16. The van der Waals surface area contributed by atoms with Crippen LogP contribution >= 0.6 is 0 Å². The quantitative estimate of drug-likeness (QED) is 0.574. The Bertz CT molecular complexity index is 936. The normalized spacial score (nSPS) is 14.5. The molecule has 0 bridgehead atoms. The Balaban J connectivity index is 1.77. The molecule has 0 aromatic heterocycles. The highest BCUT2D eigenvalue weighted by molar-refractivity contribution is 5.88. The molecular formula is C27H36N2O4. The van der Waals surface area contributed by atoms with Crippen LogP contribution in [0.1, 0.15) is 55.7 Å². The fourth-order valence-electron chi connectivity index (χ4n) is 4.40.